The van der Waals surface area contributed by atoms with Crippen molar-refractivity contribution in [1.82, 2.24) is 51.5 Å². The van der Waals surface area contributed by atoms with Crippen LogP contribution in [-0.2, 0) is 99.0 Å². The number of nitrogens with one attached hydrogen (secondary N) is 7. The molecular weight excluding hydrogens is 1550 g/mol. The Morgan fingerprint density at radius 2 is 1.28 bits per heavy atom. The molecule has 21 atom stereocenters. The van der Waals surface area contributed by atoms with E-state index in [-0.39, 0.29) is 75.9 Å². The lowest BCUT2D eigenvalue weighted by molar-refractivity contribution is -0.301. The van der Waals surface area contributed by atoms with Gasteiger partial charge in [0.1, 0.15) is 80.0 Å². The molecule has 118 heavy (non-hydrogen) atoms. The molecule has 3 aliphatic heterocycles. The number of methoxy groups -OCH3 is 2. The van der Waals surface area contributed by atoms with Gasteiger partial charge in [-0.25, -0.2) is 4.79 Å². The SMILES string of the molecule is CC[C@H](C)[C@@H]([C@@H](CC(=O)N1CCC[C@H]1[C@H](OC)[C@@H](C)C(=O)N[C@@H](Cc1ccccc1)C(=O)NCCCO[C@@H]1C[C@H](C(=O)O)[C@@H](O)[C@H](O)[C@H]1O)OC)N(C)C(=O)[C@@H](NC(=O)[C@H](C(C)C)N(C)C(=O)OCc1ccc(NC(=O)[C@H](CO[C@@H]2O[C@H](CO)[C@@H](O)[C@H](O)[C@H]2O)NC(=O)[C@@H](NC(=O)CCNC(=O)CN2C(=O)C=CC2=O)C(C)C)cc1)C(C)C. The summed E-state index contributed by atoms with van der Waals surface area (Å²) in [5.74, 6) is -12.8. The third-order valence-corrected chi connectivity index (χ3v) is 21.9. The first kappa shape index (κ1) is 97.6. The van der Waals surface area contributed by atoms with Gasteiger partial charge in [-0.3, -0.25) is 67.3 Å². The number of hydrogen-bond donors (Lipinski definition) is 15. The molecule has 1 saturated carbocycles. The van der Waals surface area contributed by atoms with Crippen molar-refractivity contribution in [1.29, 1.82) is 0 Å². The van der Waals surface area contributed by atoms with E-state index in [1.807, 2.05) is 19.9 Å². The molecule has 2 aromatic carbocycles. The summed E-state index contributed by atoms with van der Waals surface area (Å²) in [6.07, 6.45) is -14.3. The maximum Gasteiger partial charge on any atom is 0.410 e. The summed E-state index contributed by atoms with van der Waals surface area (Å²) >= 11 is 0. The Balaban J connectivity index is 1.06. The van der Waals surface area contributed by atoms with E-state index in [0.717, 1.165) is 22.6 Å². The fourth-order valence-corrected chi connectivity index (χ4v) is 14.8. The van der Waals surface area contributed by atoms with Crippen LogP contribution in [0.3, 0.4) is 0 Å². The predicted octanol–water partition coefficient (Wildman–Crippen LogP) is -2.04. The number of hydrogen-bond acceptors (Lipinski definition) is 26. The number of aliphatic hydroxyl groups is 7. The molecule has 1 aliphatic carbocycles. The quantitative estimate of drug-likeness (QED) is 0.0251. The molecule has 12 amide bonds. The molecule has 2 aromatic rings. The van der Waals surface area contributed by atoms with E-state index >= 15 is 4.79 Å². The number of carbonyl (C=O) groups is 13. The zero-order valence-corrected chi connectivity index (χ0v) is 69.1. The zero-order chi connectivity index (χ0) is 87.7. The molecule has 15 N–H and O–H groups in total. The Morgan fingerprint density at radius 3 is 1.87 bits per heavy atom. The minimum Gasteiger partial charge on any atom is -0.481 e. The zero-order valence-electron chi connectivity index (χ0n) is 69.1. The number of likely N-dealkylation sites (N-methyl/N-ethyl adjacent to an activating group) is 2. The third-order valence-electron chi connectivity index (χ3n) is 21.9. The Kier molecular flexibility index (Phi) is 38.4. The summed E-state index contributed by atoms with van der Waals surface area (Å²) in [5, 5.41) is 100. The number of amides is 12. The lowest BCUT2D eigenvalue weighted by Crippen LogP contribution is -2.60. The summed E-state index contributed by atoms with van der Waals surface area (Å²) in [7, 11) is 5.82. The van der Waals surface area contributed by atoms with E-state index in [1.54, 1.807) is 84.7 Å². The average Bonchev–Trinajstić information content (AvgIpc) is 1.25. The molecule has 38 nitrogen and oxygen atoms in total. The summed E-state index contributed by atoms with van der Waals surface area (Å²) < 4.78 is 34.7. The molecule has 3 fully saturated rings. The molecule has 0 aromatic heterocycles. The summed E-state index contributed by atoms with van der Waals surface area (Å²) in [6, 6.07) is 7.15. The van der Waals surface area contributed by atoms with Gasteiger partial charge in [0.25, 0.3) is 11.8 Å². The molecule has 0 radical (unpaired) electrons. The lowest BCUT2D eigenvalue weighted by atomic mass is 9.81. The van der Waals surface area contributed by atoms with Crippen molar-refractivity contribution in [2.75, 3.05) is 79.6 Å². The fourth-order valence-electron chi connectivity index (χ4n) is 14.8. The fraction of sp³-hybridized carbons (Fsp3) is 0.662. The number of rotatable bonds is 44. The summed E-state index contributed by atoms with van der Waals surface area (Å²) in [5.41, 5.74) is 1.28. The van der Waals surface area contributed by atoms with Crippen LogP contribution in [0.5, 0.6) is 0 Å². The van der Waals surface area contributed by atoms with Crippen LogP contribution >= 0.6 is 0 Å². The van der Waals surface area contributed by atoms with Crippen LogP contribution in [0.15, 0.2) is 66.7 Å². The van der Waals surface area contributed by atoms with Crippen molar-refractivity contribution in [3.8, 4) is 0 Å². The highest BCUT2D eigenvalue weighted by Gasteiger charge is 2.49. The van der Waals surface area contributed by atoms with Crippen molar-refractivity contribution in [2.24, 2.45) is 35.5 Å². The Labute approximate surface area is 686 Å². The van der Waals surface area contributed by atoms with E-state index in [0.29, 0.717) is 36.3 Å². The first-order valence-corrected chi connectivity index (χ1v) is 39.8. The van der Waals surface area contributed by atoms with Crippen LogP contribution in [0.4, 0.5) is 10.5 Å². The molecule has 3 heterocycles. The van der Waals surface area contributed by atoms with E-state index in [9.17, 15) is 98.4 Å². The van der Waals surface area contributed by atoms with Gasteiger partial charge < -0.3 is 116 Å². The van der Waals surface area contributed by atoms with Crippen molar-refractivity contribution in [3.05, 3.63) is 77.9 Å². The van der Waals surface area contributed by atoms with Crippen molar-refractivity contribution in [3.63, 3.8) is 0 Å². The number of aliphatic hydroxyl groups excluding tert-OH is 7. The number of imide groups is 1. The van der Waals surface area contributed by atoms with Gasteiger partial charge in [-0.1, -0.05) is 111 Å². The van der Waals surface area contributed by atoms with Crippen molar-refractivity contribution in [2.45, 2.75) is 230 Å². The Morgan fingerprint density at radius 1 is 0.644 bits per heavy atom. The van der Waals surface area contributed by atoms with E-state index in [1.165, 1.54) is 50.4 Å². The number of likely N-dealkylation sites (tertiary alicyclic amines) is 1. The monoisotopic (exact) mass is 1670 g/mol. The second kappa shape index (κ2) is 46.4. The smallest absolute Gasteiger partial charge is 0.410 e. The van der Waals surface area contributed by atoms with Gasteiger partial charge in [0, 0.05) is 85.2 Å². The van der Waals surface area contributed by atoms with Gasteiger partial charge in [-0.05, 0) is 72.6 Å². The Bertz CT molecular complexity index is 3730. The van der Waals surface area contributed by atoms with Gasteiger partial charge >= 0.3 is 12.1 Å². The minimum atomic E-state index is -1.89. The summed E-state index contributed by atoms with van der Waals surface area (Å²) in [4.78, 5) is 181. The number of carboxylic acids is 1. The van der Waals surface area contributed by atoms with Gasteiger partial charge in [0.15, 0.2) is 6.29 Å². The predicted molar refractivity (Wildman–Crippen MR) is 420 cm³/mol. The van der Waals surface area contributed by atoms with Gasteiger partial charge in [-0.2, -0.15) is 0 Å². The number of carbonyl (C=O) groups excluding carboxylic acids is 12. The molecular formula is C80H121N11O27. The molecule has 0 bridgehead atoms. The van der Waals surface area contributed by atoms with Gasteiger partial charge in [0.05, 0.1) is 68.0 Å². The molecule has 0 unspecified atom stereocenters. The lowest BCUT2D eigenvalue weighted by Gasteiger charge is -2.41. The van der Waals surface area contributed by atoms with Crippen LogP contribution in [-0.4, -0.2) is 321 Å². The molecule has 658 valence electrons. The minimum absolute atomic E-state index is 0.0499. The largest absolute Gasteiger partial charge is 0.481 e. The Hall–Kier alpha value is -9.19. The molecule has 4 aliphatic rings. The molecule has 38 heteroatoms. The van der Waals surface area contributed by atoms with Crippen LogP contribution in [0, 0.1) is 35.5 Å². The third kappa shape index (κ3) is 26.7. The highest BCUT2D eigenvalue weighted by molar-refractivity contribution is 6.14. The topological polar surface area (TPSA) is 536 Å². The average molecular weight is 1670 g/mol. The standard InChI is InChI=1S/C80H121N11O27/c1-14-44(8)64(53(113-12)36-60(97)90-32-18-22-52(90)71(114-13)45(9)72(104)84-50(34-46-20-16-15-17-21-46)73(105)82-30-19-33-115-54-35-49(78(110)111)65(98)68(101)66(54)99)88(10)77(109)62(42(4)5)87-76(108)63(43(6)7)89(11)80(112)117-39-47-23-25-48(26-24-47)83-74(106)51(40-116-79-70(103)69(102)67(100)55(38-92)118-79)85-75(107)61(41(2)3)86-56(93)29-31-81-57(94)37-91-58(95)27-28-59(91)96/h15-17,20-21,23-28,41-45,49-55,61-71,79,92,98-103H,14,18-19,22,29-40H2,1-13H3,(H,81,94)(H,82,105)(H,83,106)(H,84,104)(H,85,107)(H,86,93)(H,87,108)(H,110,111)/t44-,45+,49-,50-,51-,52-,53+,54+,55+,61-,62-,63-,64-,65+,66-,67+,68-,69-,70+,71+,79+/m0/s1. The number of benzene rings is 2. The highest BCUT2D eigenvalue weighted by atomic mass is 16.7. The maximum atomic E-state index is 15.0. The highest BCUT2D eigenvalue weighted by Crippen LogP contribution is 2.32. The van der Waals surface area contributed by atoms with Gasteiger partial charge in [0.2, 0.25) is 53.2 Å². The number of carboxylic acid groups (broad SMARTS) is 1. The van der Waals surface area contributed by atoms with Gasteiger partial charge in [-0.15, -0.1) is 0 Å². The van der Waals surface area contributed by atoms with E-state index in [4.69, 9.17) is 28.4 Å². The van der Waals surface area contributed by atoms with Crippen molar-refractivity contribution < 1.29 is 132 Å². The van der Waals surface area contributed by atoms with Crippen LogP contribution in [0.1, 0.15) is 118 Å². The van der Waals surface area contributed by atoms with Crippen LogP contribution in [0.25, 0.3) is 0 Å². The van der Waals surface area contributed by atoms with Crippen LogP contribution in [0.2, 0.25) is 0 Å². The number of anilines is 1. The molecule has 2 saturated heterocycles. The first-order chi connectivity index (χ1) is 55.8. The van der Waals surface area contributed by atoms with Crippen LogP contribution < -0.4 is 37.2 Å². The van der Waals surface area contributed by atoms with Crippen molar-refractivity contribution >= 4 is 82.7 Å². The summed E-state index contributed by atoms with van der Waals surface area (Å²) in [6.45, 7) is 13.1. The second-order valence-electron chi connectivity index (χ2n) is 31.4. The number of ether oxygens (including phenoxy) is 6. The first-order valence-electron chi connectivity index (χ1n) is 39.8. The maximum absolute atomic E-state index is 15.0. The number of aliphatic carboxylic acids is 1. The number of nitrogens with zero attached hydrogens (tertiary/aromatic N) is 4. The normalized spacial score (nSPS) is 23.8. The molecule has 0 spiro atoms. The second-order valence-corrected chi connectivity index (χ2v) is 31.4. The molecule has 6 rings (SSSR count). The van der Waals surface area contributed by atoms with E-state index in [2.05, 4.69) is 37.2 Å². The van der Waals surface area contributed by atoms with E-state index < -0.39 is 230 Å².